The first kappa shape index (κ1) is 12.2. The van der Waals surface area contributed by atoms with Gasteiger partial charge in [-0.3, -0.25) is 4.79 Å². The minimum absolute atomic E-state index is 0.0978. The Morgan fingerprint density at radius 3 is 3.00 bits per heavy atom. The molecule has 2 heterocycles. The van der Waals surface area contributed by atoms with Crippen LogP contribution >= 0.6 is 0 Å². The van der Waals surface area contributed by atoms with Crippen LogP contribution in [0.25, 0.3) is 10.8 Å². The maximum absolute atomic E-state index is 12.1. The molecule has 0 aliphatic carbocycles. The van der Waals surface area contributed by atoms with Crippen LogP contribution in [0.2, 0.25) is 0 Å². The van der Waals surface area contributed by atoms with E-state index in [0.29, 0.717) is 12.5 Å². The Morgan fingerprint density at radius 1 is 1.32 bits per heavy atom. The summed E-state index contributed by atoms with van der Waals surface area (Å²) >= 11 is 0. The van der Waals surface area contributed by atoms with Crippen LogP contribution in [-0.4, -0.2) is 25.0 Å². The third kappa shape index (κ3) is 2.79. The van der Waals surface area contributed by atoms with Gasteiger partial charge in [0.15, 0.2) is 0 Å². The van der Waals surface area contributed by atoms with E-state index in [9.17, 15) is 4.79 Å². The van der Waals surface area contributed by atoms with Gasteiger partial charge in [0.05, 0.1) is 18.9 Å². The number of rotatable bonds is 3. The highest BCUT2D eigenvalue weighted by atomic mass is 16.3. The van der Waals surface area contributed by atoms with Gasteiger partial charge in [0.1, 0.15) is 0 Å². The van der Waals surface area contributed by atoms with Gasteiger partial charge in [-0.2, -0.15) is 0 Å². The molecule has 0 spiro atoms. The van der Waals surface area contributed by atoms with Crippen LogP contribution in [0.5, 0.6) is 0 Å². The van der Waals surface area contributed by atoms with Crippen molar-refractivity contribution in [2.24, 2.45) is 0 Å². The average Bonchev–Trinajstić information content (AvgIpc) is 2.89. The van der Waals surface area contributed by atoms with Gasteiger partial charge in [-0.25, -0.2) is 0 Å². The molecule has 0 bridgehead atoms. The largest absolute Gasteiger partial charge is 0.471 e. The molecule has 0 unspecified atom stereocenters. The van der Waals surface area contributed by atoms with Crippen LogP contribution in [0.3, 0.4) is 0 Å². The zero-order valence-corrected chi connectivity index (χ0v) is 10.8. The molecule has 1 fully saturated rings. The van der Waals surface area contributed by atoms with Crippen LogP contribution < -0.4 is 10.6 Å². The van der Waals surface area contributed by atoms with Gasteiger partial charge in [-0.15, -0.1) is 0 Å². The number of hydrogen-bond acceptors (Lipinski definition) is 3. The van der Waals surface area contributed by atoms with Gasteiger partial charge in [0, 0.05) is 16.8 Å². The quantitative estimate of drug-likeness (QED) is 0.883. The fourth-order valence-corrected chi connectivity index (χ4v) is 2.63. The van der Waals surface area contributed by atoms with Crippen LogP contribution in [-0.2, 0) is 11.2 Å². The summed E-state index contributed by atoms with van der Waals surface area (Å²) in [6.45, 7) is 1.98. The summed E-state index contributed by atoms with van der Waals surface area (Å²) in [5, 5.41) is 8.49. The van der Waals surface area contributed by atoms with E-state index in [1.165, 1.54) is 0 Å². The van der Waals surface area contributed by atoms with Gasteiger partial charge in [-0.05, 0) is 31.5 Å². The zero-order valence-electron chi connectivity index (χ0n) is 10.8. The van der Waals surface area contributed by atoms with Crippen molar-refractivity contribution in [2.75, 3.05) is 13.1 Å². The number of furan rings is 1. The van der Waals surface area contributed by atoms with Crippen LogP contribution in [0, 0.1) is 0 Å². The molecule has 0 atom stereocenters. The highest BCUT2D eigenvalue weighted by Crippen LogP contribution is 2.20. The highest BCUT2D eigenvalue weighted by molar-refractivity contribution is 5.89. The molecular formula is C15H18N2O2. The molecule has 1 aliphatic heterocycles. The fourth-order valence-electron chi connectivity index (χ4n) is 2.63. The second kappa shape index (κ2) is 5.45. The van der Waals surface area contributed by atoms with E-state index in [2.05, 4.69) is 10.6 Å². The molecule has 3 rings (SSSR count). The lowest BCUT2D eigenvalue weighted by molar-refractivity contribution is -0.121. The number of carbonyl (C=O) groups is 1. The minimum atomic E-state index is 0.0978. The van der Waals surface area contributed by atoms with Crippen LogP contribution in [0.15, 0.2) is 35.1 Å². The Labute approximate surface area is 112 Å². The number of fused-ring (bicyclic) bond motifs is 1. The van der Waals surface area contributed by atoms with Crippen molar-refractivity contribution in [3.63, 3.8) is 0 Å². The molecule has 4 heteroatoms. The molecule has 4 nitrogen and oxygen atoms in total. The van der Waals surface area contributed by atoms with Crippen LogP contribution in [0.4, 0.5) is 0 Å². The van der Waals surface area contributed by atoms with Crippen molar-refractivity contribution in [3.8, 4) is 0 Å². The van der Waals surface area contributed by atoms with Gasteiger partial charge < -0.3 is 15.1 Å². The minimum Gasteiger partial charge on any atom is -0.471 e. The van der Waals surface area contributed by atoms with Gasteiger partial charge in [0.25, 0.3) is 0 Å². The monoisotopic (exact) mass is 258 g/mol. The standard InChI is InChI=1S/C15H18N2O2/c18-15(17-13-4-6-16-7-5-13)8-11-2-1-3-12-9-19-10-14(11)12/h1-3,9-10,13,16H,4-8H2,(H,17,18). The lowest BCUT2D eigenvalue weighted by atomic mass is 10.0. The summed E-state index contributed by atoms with van der Waals surface area (Å²) in [6.07, 6.45) is 5.87. The van der Waals surface area contributed by atoms with E-state index in [1.54, 1.807) is 12.5 Å². The summed E-state index contributed by atoms with van der Waals surface area (Å²) in [4.78, 5) is 12.1. The second-order valence-corrected chi connectivity index (χ2v) is 5.06. The molecule has 1 saturated heterocycles. The maximum Gasteiger partial charge on any atom is 0.224 e. The lowest BCUT2D eigenvalue weighted by Gasteiger charge is -2.23. The molecule has 1 aromatic heterocycles. The smallest absolute Gasteiger partial charge is 0.224 e. The molecule has 1 aliphatic rings. The van der Waals surface area contributed by atoms with Crippen molar-refractivity contribution in [1.82, 2.24) is 10.6 Å². The third-order valence-electron chi connectivity index (χ3n) is 3.67. The van der Waals surface area contributed by atoms with Crippen molar-refractivity contribution < 1.29 is 9.21 Å². The van der Waals surface area contributed by atoms with Crippen molar-refractivity contribution >= 4 is 16.7 Å². The van der Waals surface area contributed by atoms with Crippen molar-refractivity contribution in [2.45, 2.75) is 25.3 Å². The number of nitrogens with one attached hydrogen (secondary N) is 2. The SMILES string of the molecule is O=C(Cc1cccc2cocc12)NC1CCNCC1. The summed E-state index contributed by atoms with van der Waals surface area (Å²) in [6, 6.07) is 6.26. The molecule has 1 amide bonds. The van der Waals surface area contributed by atoms with E-state index >= 15 is 0 Å². The Kier molecular flexibility index (Phi) is 3.51. The molecular weight excluding hydrogens is 240 g/mol. The maximum atomic E-state index is 12.1. The molecule has 0 saturated carbocycles. The van der Waals surface area contributed by atoms with E-state index in [0.717, 1.165) is 42.3 Å². The Balaban J connectivity index is 1.67. The number of benzene rings is 1. The van der Waals surface area contributed by atoms with Crippen molar-refractivity contribution in [3.05, 3.63) is 36.3 Å². The molecule has 19 heavy (non-hydrogen) atoms. The van der Waals surface area contributed by atoms with E-state index in [4.69, 9.17) is 4.42 Å². The molecule has 2 N–H and O–H groups in total. The Hall–Kier alpha value is -1.81. The zero-order chi connectivity index (χ0) is 13.1. The first-order valence-corrected chi connectivity index (χ1v) is 6.77. The number of piperidine rings is 1. The first-order valence-electron chi connectivity index (χ1n) is 6.77. The average molecular weight is 258 g/mol. The van der Waals surface area contributed by atoms with E-state index in [-0.39, 0.29) is 5.91 Å². The highest BCUT2D eigenvalue weighted by Gasteiger charge is 2.16. The molecule has 2 aromatic rings. The summed E-state index contributed by atoms with van der Waals surface area (Å²) in [7, 11) is 0. The summed E-state index contributed by atoms with van der Waals surface area (Å²) < 4.78 is 5.20. The van der Waals surface area contributed by atoms with Gasteiger partial charge in [-0.1, -0.05) is 18.2 Å². The van der Waals surface area contributed by atoms with Gasteiger partial charge in [0.2, 0.25) is 5.91 Å². The summed E-state index contributed by atoms with van der Waals surface area (Å²) in [5.41, 5.74) is 1.03. The predicted octanol–water partition coefficient (Wildman–Crippen LogP) is 1.84. The molecule has 100 valence electrons. The third-order valence-corrected chi connectivity index (χ3v) is 3.67. The van der Waals surface area contributed by atoms with E-state index < -0.39 is 0 Å². The second-order valence-electron chi connectivity index (χ2n) is 5.06. The predicted molar refractivity (Wildman–Crippen MR) is 74.0 cm³/mol. The number of hydrogen-bond donors (Lipinski definition) is 2. The normalized spacial score (nSPS) is 16.6. The first-order chi connectivity index (χ1) is 9.33. The number of amides is 1. The molecule has 0 radical (unpaired) electrons. The van der Waals surface area contributed by atoms with E-state index in [1.807, 2.05) is 18.2 Å². The fraction of sp³-hybridized carbons (Fsp3) is 0.400. The van der Waals surface area contributed by atoms with Crippen molar-refractivity contribution in [1.29, 1.82) is 0 Å². The van der Waals surface area contributed by atoms with Gasteiger partial charge >= 0.3 is 0 Å². The lowest BCUT2D eigenvalue weighted by Crippen LogP contribution is -2.43. The Morgan fingerprint density at radius 2 is 2.16 bits per heavy atom. The molecule has 1 aromatic carbocycles. The summed E-state index contributed by atoms with van der Waals surface area (Å²) in [5.74, 6) is 0.0978. The van der Waals surface area contributed by atoms with Crippen LogP contribution in [0.1, 0.15) is 18.4 Å². The topological polar surface area (TPSA) is 54.3 Å². The Bertz CT molecular complexity index is 570. The number of carbonyl (C=O) groups excluding carboxylic acids is 1.